The van der Waals surface area contributed by atoms with Gasteiger partial charge in [-0.25, -0.2) is 9.18 Å². The number of benzene rings is 2. The Kier molecular flexibility index (Phi) is 5.43. The second-order valence-electron chi connectivity index (χ2n) is 5.36. The van der Waals surface area contributed by atoms with Crippen molar-refractivity contribution in [3.63, 3.8) is 0 Å². The largest absolute Gasteiger partial charge is 0.454 e. The number of hydrogen-bond donors (Lipinski definition) is 0. The number of nitro benzene ring substituents is 1. The van der Waals surface area contributed by atoms with Gasteiger partial charge in [0.25, 0.3) is 5.69 Å². The minimum atomic E-state index is -0.858. The van der Waals surface area contributed by atoms with E-state index >= 15 is 0 Å². The van der Waals surface area contributed by atoms with Gasteiger partial charge in [-0.1, -0.05) is 0 Å². The third-order valence-electron chi connectivity index (χ3n) is 3.39. The molecule has 0 radical (unpaired) electrons. The van der Waals surface area contributed by atoms with Gasteiger partial charge in [0.05, 0.1) is 10.5 Å². The van der Waals surface area contributed by atoms with Gasteiger partial charge in [-0.3, -0.25) is 14.9 Å². The first-order chi connectivity index (χ1) is 11.8. The molecule has 0 spiro atoms. The maximum absolute atomic E-state index is 12.8. The molecule has 0 heterocycles. The van der Waals surface area contributed by atoms with Crippen LogP contribution < -0.4 is 4.90 Å². The summed E-state index contributed by atoms with van der Waals surface area (Å²) >= 11 is 0. The second kappa shape index (κ2) is 7.52. The van der Waals surface area contributed by atoms with Gasteiger partial charge in [-0.05, 0) is 36.4 Å². The van der Waals surface area contributed by atoms with E-state index in [9.17, 15) is 24.1 Å². The SMILES string of the molecule is CN(C)c1ccc(C(=O)OCC(=O)c2ccc(F)cc2)cc1[N+](=O)[O-]. The Balaban J connectivity index is 2.10. The van der Waals surface area contributed by atoms with Crippen molar-refractivity contribution in [1.29, 1.82) is 0 Å². The number of ether oxygens (including phenoxy) is 1. The highest BCUT2D eigenvalue weighted by Crippen LogP contribution is 2.27. The molecule has 2 aromatic carbocycles. The minimum absolute atomic E-state index is 0.0378. The highest BCUT2D eigenvalue weighted by molar-refractivity contribution is 5.99. The fourth-order valence-corrected chi connectivity index (χ4v) is 2.11. The van der Waals surface area contributed by atoms with Gasteiger partial charge in [0, 0.05) is 25.7 Å². The molecule has 0 saturated heterocycles. The first-order valence-corrected chi connectivity index (χ1v) is 7.21. The van der Waals surface area contributed by atoms with Crippen LogP contribution in [0.1, 0.15) is 20.7 Å². The lowest BCUT2D eigenvalue weighted by Crippen LogP contribution is -2.15. The summed E-state index contributed by atoms with van der Waals surface area (Å²) in [6.07, 6.45) is 0. The van der Waals surface area contributed by atoms with E-state index in [-0.39, 0.29) is 16.8 Å². The van der Waals surface area contributed by atoms with Crippen molar-refractivity contribution in [3.05, 3.63) is 69.5 Å². The van der Waals surface area contributed by atoms with E-state index in [1.54, 1.807) is 19.0 Å². The Morgan fingerprint density at radius 1 is 1.12 bits per heavy atom. The first kappa shape index (κ1) is 18.1. The maximum atomic E-state index is 12.8. The highest BCUT2D eigenvalue weighted by atomic mass is 19.1. The molecule has 7 nitrogen and oxygen atoms in total. The van der Waals surface area contributed by atoms with Gasteiger partial charge in [-0.15, -0.1) is 0 Å². The lowest BCUT2D eigenvalue weighted by molar-refractivity contribution is -0.384. The lowest BCUT2D eigenvalue weighted by atomic mass is 10.1. The normalized spacial score (nSPS) is 10.2. The van der Waals surface area contributed by atoms with Crippen LogP contribution >= 0.6 is 0 Å². The Bertz CT molecular complexity index is 818. The zero-order chi connectivity index (χ0) is 18.6. The van der Waals surface area contributed by atoms with E-state index < -0.39 is 29.1 Å². The van der Waals surface area contributed by atoms with Crippen LogP contribution in [0, 0.1) is 15.9 Å². The Morgan fingerprint density at radius 3 is 2.28 bits per heavy atom. The van der Waals surface area contributed by atoms with Crippen molar-refractivity contribution >= 4 is 23.1 Å². The summed E-state index contributed by atoms with van der Waals surface area (Å²) in [5.41, 5.74) is 0.251. The van der Waals surface area contributed by atoms with Crippen LogP contribution in [-0.4, -0.2) is 37.4 Å². The summed E-state index contributed by atoms with van der Waals surface area (Å²) in [6, 6.07) is 8.71. The third kappa shape index (κ3) is 4.37. The maximum Gasteiger partial charge on any atom is 0.338 e. The summed E-state index contributed by atoms with van der Waals surface area (Å²) in [5, 5.41) is 11.1. The van der Waals surface area contributed by atoms with Crippen LogP contribution in [-0.2, 0) is 4.74 Å². The Labute approximate surface area is 142 Å². The van der Waals surface area contributed by atoms with Crippen LogP contribution in [0.5, 0.6) is 0 Å². The number of hydrogen-bond acceptors (Lipinski definition) is 6. The summed E-state index contributed by atoms with van der Waals surface area (Å²) < 4.78 is 17.7. The van der Waals surface area contributed by atoms with Crippen molar-refractivity contribution < 1.29 is 23.6 Å². The molecule has 0 amide bonds. The number of carbonyl (C=O) groups is 2. The zero-order valence-corrected chi connectivity index (χ0v) is 13.6. The zero-order valence-electron chi connectivity index (χ0n) is 13.6. The summed E-state index contributed by atoms with van der Waals surface area (Å²) in [4.78, 5) is 36.0. The van der Waals surface area contributed by atoms with E-state index in [1.807, 2.05) is 0 Å². The number of anilines is 1. The van der Waals surface area contributed by atoms with Crippen LogP contribution in [0.25, 0.3) is 0 Å². The first-order valence-electron chi connectivity index (χ1n) is 7.21. The van der Waals surface area contributed by atoms with Gasteiger partial charge >= 0.3 is 5.97 Å². The van der Waals surface area contributed by atoms with Gasteiger partial charge in [0.15, 0.2) is 12.4 Å². The molecule has 0 atom stereocenters. The second-order valence-corrected chi connectivity index (χ2v) is 5.36. The van der Waals surface area contributed by atoms with E-state index in [0.29, 0.717) is 5.69 Å². The summed E-state index contributed by atoms with van der Waals surface area (Å²) in [5.74, 6) is -1.85. The molecule has 0 N–H and O–H groups in total. The third-order valence-corrected chi connectivity index (χ3v) is 3.39. The van der Waals surface area contributed by atoms with Crippen molar-refractivity contribution in [2.75, 3.05) is 25.6 Å². The molecule has 0 aliphatic heterocycles. The minimum Gasteiger partial charge on any atom is -0.454 e. The molecule has 8 heteroatoms. The molecule has 130 valence electrons. The molecule has 0 aromatic heterocycles. The topological polar surface area (TPSA) is 89.8 Å². The van der Waals surface area contributed by atoms with Crippen molar-refractivity contribution in [3.8, 4) is 0 Å². The Morgan fingerprint density at radius 2 is 1.72 bits per heavy atom. The molecule has 0 fully saturated rings. The molecular formula is C17H15FN2O5. The van der Waals surface area contributed by atoms with Crippen LogP contribution in [0.15, 0.2) is 42.5 Å². The van der Waals surface area contributed by atoms with E-state index in [0.717, 1.165) is 18.2 Å². The molecule has 0 aliphatic rings. The Hall–Kier alpha value is -3.29. The number of rotatable bonds is 6. The number of Topliss-reactive ketones (excluding diaryl/α,β-unsaturated/α-hetero) is 1. The molecule has 0 aliphatic carbocycles. The predicted molar refractivity (Wildman–Crippen MR) is 88.4 cm³/mol. The number of nitro groups is 1. The number of halogens is 1. The van der Waals surface area contributed by atoms with Gasteiger partial charge < -0.3 is 9.64 Å². The fraction of sp³-hybridized carbons (Fsp3) is 0.176. The highest BCUT2D eigenvalue weighted by Gasteiger charge is 2.20. The predicted octanol–water partition coefficient (Wildman–Crippen LogP) is 2.84. The van der Waals surface area contributed by atoms with Gasteiger partial charge in [-0.2, -0.15) is 0 Å². The molecule has 0 saturated carbocycles. The van der Waals surface area contributed by atoms with Crippen molar-refractivity contribution in [2.45, 2.75) is 0 Å². The van der Waals surface area contributed by atoms with Crippen molar-refractivity contribution in [2.24, 2.45) is 0 Å². The average Bonchev–Trinajstić information content (AvgIpc) is 2.59. The molecule has 25 heavy (non-hydrogen) atoms. The van der Waals surface area contributed by atoms with E-state index in [2.05, 4.69) is 0 Å². The standard InChI is InChI=1S/C17H15FN2O5/c1-19(2)14-8-5-12(9-15(14)20(23)24)17(22)25-10-16(21)11-3-6-13(18)7-4-11/h3-9H,10H2,1-2H3. The molecule has 2 rings (SSSR count). The number of carbonyl (C=O) groups excluding carboxylic acids is 2. The van der Waals surface area contributed by atoms with Gasteiger partial charge in [0.2, 0.25) is 0 Å². The number of esters is 1. The van der Waals surface area contributed by atoms with Crippen LogP contribution in [0.4, 0.5) is 15.8 Å². The quantitative estimate of drug-likeness (QED) is 0.346. The summed E-state index contributed by atoms with van der Waals surface area (Å²) in [7, 11) is 3.28. The number of ketones is 1. The van der Waals surface area contributed by atoms with Gasteiger partial charge in [0.1, 0.15) is 11.5 Å². The van der Waals surface area contributed by atoms with Crippen LogP contribution in [0.3, 0.4) is 0 Å². The summed E-state index contributed by atoms with van der Waals surface area (Å²) in [6.45, 7) is -0.548. The van der Waals surface area contributed by atoms with Crippen molar-refractivity contribution in [1.82, 2.24) is 0 Å². The molecule has 0 bridgehead atoms. The monoisotopic (exact) mass is 346 g/mol. The van der Waals surface area contributed by atoms with E-state index in [4.69, 9.17) is 4.74 Å². The average molecular weight is 346 g/mol. The number of nitrogens with zero attached hydrogens (tertiary/aromatic N) is 2. The fourth-order valence-electron chi connectivity index (χ4n) is 2.11. The van der Waals surface area contributed by atoms with E-state index in [1.165, 1.54) is 24.3 Å². The molecule has 0 unspecified atom stereocenters. The lowest BCUT2D eigenvalue weighted by Gasteiger charge is -2.13. The molecular weight excluding hydrogens is 331 g/mol. The van der Waals surface area contributed by atoms with Crippen LogP contribution in [0.2, 0.25) is 0 Å². The smallest absolute Gasteiger partial charge is 0.338 e. The molecule has 2 aromatic rings.